The van der Waals surface area contributed by atoms with Crippen LogP contribution in [0.5, 0.6) is 0 Å². The number of fused-ring (bicyclic) bond motifs is 2. The van der Waals surface area contributed by atoms with Gasteiger partial charge in [-0.2, -0.15) is 59.1 Å². The van der Waals surface area contributed by atoms with Crippen LogP contribution in [-0.2, 0) is 53.3 Å². The Bertz CT molecular complexity index is 3500. The smallest absolute Gasteiger partial charge is 0.294 e. The number of H-pyrrole nitrogens is 1. The zero-order valence-corrected chi connectivity index (χ0v) is 37.5. The van der Waals surface area contributed by atoms with Crippen molar-refractivity contribution >= 4 is 84.8 Å². The van der Waals surface area contributed by atoms with Crippen molar-refractivity contribution in [2.45, 2.75) is 60.1 Å². The van der Waals surface area contributed by atoms with Crippen molar-refractivity contribution in [3.05, 3.63) is 140 Å². The lowest BCUT2D eigenvalue weighted by atomic mass is 10.0. The van der Waals surface area contributed by atoms with Crippen molar-refractivity contribution in [2.75, 3.05) is 0 Å². The Balaban J connectivity index is 1.13. The molecule has 0 fully saturated rings. The Kier molecular flexibility index (Phi) is 12.2. The van der Waals surface area contributed by atoms with E-state index in [1.165, 1.54) is 36.4 Å². The van der Waals surface area contributed by atoms with E-state index in [0.717, 1.165) is 35.4 Å². The second-order valence-corrected chi connectivity index (χ2v) is 20.5. The van der Waals surface area contributed by atoms with E-state index in [-0.39, 0.29) is 51.6 Å². The third kappa shape index (κ3) is 10.2. The number of azo groups is 2. The normalized spacial score (nSPS) is 12.9. The molecule has 6 aromatic carbocycles. The van der Waals surface area contributed by atoms with Gasteiger partial charge < -0.3 is 0 Å². The molecule has 24 heteroatoms. The summed E-state index contributed by atoms with van der Waals surface area (Å²) in [5, 5.41) is 16.0. The molecular formula is C41H35N7O13S4. The lowest BCUT2D eigenvalue weighted by Crippen LogP contribution is -2.19. The minimum absolute atomic E-state index is 0.130. The van der Waals surface area contributed by atoms with Crippen LogP contribution in [-0.4, -0.2) is 66.8 Å². The highest BCUT2D eigenvalue weighted by Gasteiger charge is 2.23. The molecule has 336 valence electrons. The minimum Gasteiger partial charge on any atom is -0.294 e. The number of rotatable bonds is 12. The van der Waals surface area contributed by atoms with E-state index >= 15 is 0 Å². The number of aromatic nitrogens is 3. The van der Waals surface area contributed by atoms with Gasteiger partial charge in [0.05, 0.1) is 22.7 Å². The highest BCUT2D eigenvalue weighted by molar-refractivity contribution is 7.87. The van der Waals surface area contributed by atoms with E-state index in [1.807, 2.05) is 0 Å². The molecule has 0 unspecified atom stereocenters. The molecule has 0 spiro atoms. The average Bonchev–Trinajstić information content (AvgIpc) is 3.19. The molecule has 0 amide bonds. The van der Waals surface area contributed by atoms with Crippen LogP contribution < -0.4 is 5.69 Å². The molecule has 0 atom stereocenters. The van der Waals surface area contributed by atoms with Crippen LogP contribution in [0.3, 0.4) is 0 Å². The first kappa shape index (κ1) is 46.5. The van der Waals surface area contributed by atoms with Crippen molar-refractivity contribution in [3.8, 4) is 0 Å². The number of aryl methyl sites for hydroxylation is 4. The van der Waals surface area contributed by atoms with Crippen LogP contribution in [0.25, 0.3) is 21.5 Å². The summed E-state index contributed by atoms with van der Waals surface area (Å²) in [5.74, 6) is 0.512. The summed E-state index contributed by atoms with van der Waals surface area (Å²) in [5.41, 5.74) is 3.95. The first-order valence-electron chi connectivity index (χ1n) is 18.8. The first-order chi connectivity index (χ1) is 30.3. The van der Waals surface area contributed by atoms with Gasteiger partial charge in [0.1, 0.15) is 31.2 Å². The summed E-state index contributed by atoms with van der Waals surface area (Å²) in [6, 6.07) is 18.5. The van der Waals surface area contributed by atoms with Crippen molar-refractivity contribution in [2.24, 2.45) is 20.5 Å². The molecule has 7 rings (SSSR count). The van der Waals surface area contributed by atoms with Crippen LogP contribution in [0.4, 0.5) is 22.7 Å². The van der Waals surface area contributed by atoms with Gasteiger partial charge in [0, 0.05) is 34.4 Å². The second-order valence-electron chi connectivity index (χ2n) is 14.9. The molecule has 0 aliphatic heterocycles. The Morgan fingerprint density at radius 3 is 1.31 bits per heavy atom. The predicted molar refractivity (Wildman–Crippen MR) is 236 cm³/mol. The highest BCUT2D eigenvalue weighted by atomic mass is 32.2. The molecule has 0 aliphatic rings. The second kappa shape index (κ2) is 17.1. The summed E-state index contributed by atoms with van der Waals surface area (Å²) in [7, 11) is -19.3. The fourth-order valence-electron chi connectivity index (χ4n) is 7.14. The quantitative estimate of drug-likeness (QED) is 0.0578. The lowest BCUT2D eigenvalue weighted by molar-refractivity contribution is 0.481. The lowest BCUT2D eigenvalue weighted by Gasteiger charge is -2.11. The van der Waals surface area contributed by atoms with E-state index in [4.69, 9.17) is 0 Å². The third-order valence-corrected chi connectivity index (χ3v) is 13.8. The molecule has 0 saturated carbocycles. The van der Waals surface area contributed by atoms with Crippen molar-refractivity contribution < 1.29 is 51.9 Å². The number of hydrogen-bond donors (Lipinski definition) is 5. The zero-order valence-electron chi connectivity index (χ0n) is 34.3. The largest absolute Gasteiger partial charge is 0.348 e. The number of hydrogen-bond acceptors (Lipinski definition) is 15. The van der Waals surface area contributed by atoms with E-state index in [2.05, 4.69) is 35.4 Å². The van der Waals surface area contributed by atoms with Crippen LogP contribution >= 0.6 is 0 Å². The molecule has 1 aromatic heterocycles. The number of nitrogens with one attached hydrogen (secondary N) is 1. The first-order valence-corrected chi connectivity index (χ1v) is 24.6. The molecule has 0 bridgehead atoms. The molecule has 65 heavy (non-hydrogen) atoms. The molecule has 7 aromatic rings. The Morgan fingerprint density at radius 1 is 0.477 bits per heavy atom. The van der Waals surface area contributed by atoms with E-state index in [1.54, 1.807) is 52.0 Å². The fraction of sp³-hybridized carbons (Fsp3) is 0.146. The molecule has 0 radical (unpaired) electrons. The highest BCUT2D eigenvalue weighted by Crippen LogP contribution is 2.36. The predicted octanol–water partition coefficient (Wildman–Crippen LogP) is 7.70. The molecule has 0 aliphatic carbocycles. The molecule has 1 heterocycles. The number of aromatic amines is 1. The summed E-state index contributed by atoms with van der Waals surface area (Å²) in [4.78, 5) is 21.6. The Morgan fingerprint density at radius 2 is 0.892 bits per heavy atom. The van der Waals surface area contributed by atoms with Gasteiger partial charge >= 0.3 is 5.69 Å². The Labute approximate surface area is 370 Å². The van der Waals surface area contributed by atoms with Gasteiger partial charge in [0.15, 0.2) is 0 Å². The minimum atomic E-state index is -4.86. The monoisotopic (exact) mass is 961 g/mol. The zero-order chi connectivity index (χ0) is 47.4. The van der Waals surface area contributed by atoms with Gasteiger partial charge in [-0.3, -0.25) is 23.2 Å². The maximum Gasteiger partial charge on any atom is 0.348 e. The summed E-state index contributed by atoms with van der Waals surface area (Å²) in [6.07, 6.45) is 0.311. The number of benzene rings is 6. The van der Waals surface area contributed by atoms with Crippen molar-refractivity contribution in [3.63, 3.8) is 0 Å². The number of nitrogens with zero attached hydrogens (tertiary/aromatic N) is 6. The average molecular weight is 962 g/mol. The van der Waals surface area contributed by atoms with Crippen LogP contribution in [0.15, 0.2) is 130 Å². The topological polar surface area (TPSA) is 326 Å². The fourth-order valence-corrected chi connectivity index (χ4v) is 9.99. The standard InChI is InChI=1S/C41H35N7O13S4/c1-21-13-33(47-45-27-17-31-29(37(19-27)64(56,57)58)7-5-9-35(31)62(50,51)52)23(3)11-25(21)15-39-42-40(44-41(49)43-39)16-26-12-24(4)34(14-22(26)2)48-46-28-18-32-30(38(20-28)65(59,60)61)8-6-10-36(32)63(53,54)55/h5-14,17-20H,15-16H2,1-4H3,(H,50,51,52)(H,53,54,55)(H,56,57,58)(H,59,60,61)(H,42,43,44,49). The van der Waals surface area contributed by atoms with Gasteiger partial charge in [-0.1, -0.05) is 36.4 Å². The Hall–Kier alpha value is -6.51. The SMILES string of the molecule is Cc1cc(N=Nc2cc(S(=O)(=O)O)c3cccc(S(=O)(=O)O)c3c2)c(C)cc1Cc1nc(Cc2cc(C)c(N=Nc3cc(S(=O)(=O)O)c4cccc(S(=O)(=O)O)c4c3)cc2C)[nH]c(=O)n1. The van der Waals surface area contributed by atoms with E-state index in [0.29, 0.717) is 39.5 Å². The molecular weight excluding hydrogens is 927 g/mol. The van der Waals surface area contributed by atoms with Gasteiger partial charge in [-0.25, -0.2) is 9.78 Å². The van der Waals surface area contributed by atoms with Gasteiger partial charge in [-0.15, -0.1) is 0 Å². The van der Waals surface area contributed by atoms with E-state index in [9.17, 15) is 56.7 Å². The summed E-state index contributed by atoms with van der Waals surface area (Å²) >= 11 is 0. The maximum absolute atomic E-state index is 12.8. The van der Waals surface area contributed by atoms with Gasteiger partial charge in [-0.05, 0) is 110 Å². The van der Waals surface area contributed by atoms with Gasteiger partial charge in [0.2, 0.25) is 0 Å². The van der Waals surface area contributed by atoms with Gasteiger partial charge in [0.25, 0.3) is 40.5 Å². The van der Waals surface area contributed by atoms with Crippen molar-refractivity contribution in [1.29, 1.82) is 0 Å². The molecule has 0 saturated heterocycles. The molecule has 5 N–H and O–H groups in total. The van der Waals surface area contributed by atoms with Crippen molar-refractivity contribution in [1.82, 2.24) is 15.0 Å². The molecule has 20 nitrogen and oxygen atoms in total. The van der Waals surface area contributed by atoms with Crippen LogP contribution in [0.1, 0.15) is 45.0 Å². The van der Waals surface area contributed by atoms with Crippen LogP contribution in [0, 0.1) is 27.7 Å². The van der Waals surface area contributed by atoms with Crippen LogP contribution in [0.2, 0.25) is 0 Å². The summed E-state index contributed by atoms with van der Waals surface area (Å²) in [6.45, 7) is 7.03. The maximum atomic E-state index is 12.8. The third-order valence-electron chi connectivity index (χ3n) is 10.2. The van der Waals surface area contributed by atoms with E-state index < -0.39 is 65.7 Å². The summed E-state index contributed by atoms with van der Waals surface area (Å²) < 4.78 is 137.